The Balaban J connectivity index is 1.81. The summed E-state index contributed by atoms with van der Waals surface area (Å²) in [5.74, 6) is -1.68. The summed E-state index contributed by atoms with van der Waals surface area (Å²) >= 11 is 0. The van der Waals surface area contributed by atoms with Crippen LogP contribution in [0.5, 0.6) is 0 Å². The highest BCUT2D eigenvalue weighted by molar-refractivity contribution is 6.00. The molecule has 0 radical (unpaired) electrons. The number of ether oxygens (including phenoxy) is 2. The first-order valence-electron chi connectivity index (χ1n) is 11.8. The largest absolute Gasteiger partial charge is 0.443 e. The van der Waals surface area contributed by atoms with Crippen LogP contribution in [0.4, 0.5) is 4.79 Å². The number of nitrogens with two attached hydrogens (primary N) is 2. The number of benzene rings is 3. The van der Waals surface area contributed by atoms with Gasteiger partial charge in [0.25, 0.3) is 0 Å². The second-order valence-corrected chi connectivity index (χ2v) is 9.60. The van der Waals surface area contributed by atoms with E-state index in [9.17, 15) is 14.4 Å². The average Bonchev–Trinajstić information content (AvgIpc) is 2.82. The van der Waals surface area contributed by atoms with Gasteiger partial charge in [-0.05, 0) is 49.1 Å². The summed E-state index contributed by atoms with van der Waals surface area (Å²) in [5.41, 5.74) is 12.6. The Morgan fingerprint density at radius 3 is 2.17 bits per heavy atom. The fraction of sp³-hybridized carbons (Fsp3) is 0.321. The molecule has 0 aromatic heterocycles. The number of amides is 3. The monoisotopic (exact) mass is 491 g/mol. The molecule has 190 valence electrons. The standard InChI is InChI=1S/C28H33N3O5/c1-28(2,3)36-27(34)31(24(25(30)32)18-35-17-19-9-5-4-6-10-19)26(33)23(29)16-20-13-14-21-11-7-8-12-22(21)15-20/h4-15,23-24H,16-18,29H2,1-3H3,(H2,30,32)/t23-,24-/m0/s1. The Hall–Kier alpha value is -3.75. The summed E-state index contributed by atoms with van der Waals surface area (Å²) in [6, 6.07) is 20.4. The molecule has 3 amide bonds. The molecule has 3 aromatic rings. The van der Waals surface area contributed by atoms with Crippen molar-refractivity contribution < 1.29 is 23.9 Å². The topological polar surface area (TPSA) is 125 Å². The van der Waals surface area contributed by atoms with E-state index >= 15 is 0 Å². The van der Waals surface area contributed by atoms with Gasteiger partial charge in [-0.1, -0.05) is 72.8 Å². The van der Waals surface area contributed by atoms with E-state index in [0.29, 0.717) is 4.90 Å². The first-order valence-corrected chi connectivity index (χ1v) is 11.8. The summed E-state index contributed by atoms with van der Waals surface area (Å²) in [6.07, 6.45) is -0.854. The summed E-state index contributed by atoms with van der Waals surface area (Å²) in [7, 11) is 0. The molecule has 0 saturated heterocycles. The van der Waals surface area contributed by atoms with Gasteiger partial charge in [0.1, 0.15) is 11.6 Å². The van der Waals surface area contributed by atoms with Crippen LogP contribution in [0.15, 0.2) is 72.8 Å². The van der Waals surface area contributed by atoms with Crippen LogP contribution in [0.1, 0.15) is 31.9 Å². The van der Waals surface area contributed by atoms with Gasteiger partial charge in [0.05, 0.1) is 19.3 Å². The van der Waals surface area contributed by atoms with Crippen molar-refractivity contribution in [3.63, 3.8) is 0 Å². The molecular weight excluding hydrogens is 458 g/mol. The van der Waals surface area contributed by atoms with Gasteiger partial charge in [-0.15, -0.1) is 0 Å². The zero-order valence-electron chi connectivity index (χ0n) is 20.8. The molecule has 0 fully saturated rings. The third-order valence-electron chi connectivity index (χ3n) is 5.44. The molecule has 0 aliphatic carbocycles. The SMILES string of the molecule is CC(C)(C)OC(=O)N(C(=O)[C@@H](N)Cc1ccc2ccccc2c1)[C@@H](COCc1ccccc1)C(N)=O. The van der Waals surface area contributed by atoms with E-state index in [4.69, 9.17) is 20.9 Å². The second-order valence-electron chi connectivity index (χ2n) is 9.60. The molecule has 0 unspecified atom stereocenters. The van der Waals surface area contributed by atoms with Crippen molar-refractivity contribution in [3.8, 4) is 0 Å². The fourth-order valence-electron chi connectivity index (χ4n) is 3.71. The van der Waals surface area contributed by atoms with Crippen LogP contribution in [0, 0.1) is 0 Å². The Labute approximate surface area is 211 Å². The third-order valence-corrected chi connectivity index (χ3v) is 5.44. The second kappa shape index (κ2) is 11.8. The van der Waals surface area contributed by atoms with Crippen molar-refractivity contribution in [1.82, 2.24) is 4.90 Å². The highest BCUT2D eigenvalue weighted by atomic mass is 16.6. The Morgan fingerprint density at radius 1 is 0.889 bits per heavy atom. The summed E-state index contributed by atoms with van der Waals surface area (Å²) in [6.45, 7) is 4.86. The number of carbonyl (C=O) groups excluding carboxylic acids is 3. The smallest absolute Gasteiger partial charge is 0.417 e. The lowest BCUT2D eigenvalue weighted by Crippen LogP contribution is -2.58. The molecule has 36 heavy (non-hydrogen) atoms. The van der Waals surface area contributed by atoms with E-state index in [-0.39, 0.29) is 19.6 Å². The number of fused-ring (bicyclic) bond motifs is 1. The molecule has 4 N–H and O–H groups in total. The van der Waals surface area contributed by atoms with Gasteiger partial charge in [0.2, 0.25) is 11.8 Å². The predicted molar refractivity (Wildman–Crippen MR) is 138 cm³/mol. The van der Waals surface area contributed by atoms with Gasteiger partial charge in [-0.3, -0.25) is 9.59 Å². The maximum Gasteiger partial charge on any atom is 0.417 e. The molecule has 0 spiro atoms. The zero-order valence-corrected chi connectivity index (χ0v) is 20.8. The zero-order chi connectivity index (χ0) is 26.3. The number of primary amides is 1. The third kappa shape index (κ3) is 7.37. The number of rotatable bonds is 9. The molecule has 0 aliphatic rings. The minimum atomic E-state index is -1.39. The van der Waals surface area contributed by atoms with Gasteiger partial charge >= 0.3 is 6.09 Å². The van der Waals surface area contributed by atoms with Crippen LogP contribution in [-0.2, 0) is 32.1 Å². The first-order chi connectivity index (χ1) is 17.0. The van der Waals surface area contributed by atoms with Crippen LogP contribution >= 0.6 is 0 Å². The summed E-state index contributed by atoms with van der Waals surface area (Å²) in [4.78, 5) is 39.6. The van der Waals surface area contributed by atoms with Crippen molar-refractivity contribution in [2.75, 3.05) is 6.61 Å². The average molecular weight is 492 g/mol. The van der Waals surface area contributed by atoms with E-state index in [1.165, 1.54) is 0 Å². The van der Waals surface area contributed by atoms with Crippen molar-refractivity contribution in [2.45, 2.75) is 51.5 Å². The van der Waals surface area contributed by atoms with E-state index < -0.39 is 35.6 Å². The van der Waals surface area contributed by atoms with Crippen molar-refractivity contribution in [3.05, 3.63) is 83.9 Å². The lowest BCUT2D eigenvalue weighted by Gasteiger charge is -2.32. The van der Waals surface area contributed by atoms with E-state index in [1.54, 1.807) is 20.8 Å². The summed E-state index contributed by atoms with van der Waals surface area (Å²) in [5, 5.41) is 2.06. The molecule has 3 rings (SSSR count). The molecule has 0 aliphatic heterocycles. The quantitative estimate of drug-likeness (QED) is 0.472. The Morgan fingerprint density at radius 2 is 1.53 bits per heavy atom. The maximum atomic E-state index is 13.5. The van der Waals surface area contributed by atoms with Gasteiger partial charge in [0.15, 0.2) is 0 Å². The molecule has 2 atom stereocenters. The number of hydrogen-bond donors (Lipinski definition) is 2. The van der Waals surface area contributed by atoms with Crippen molar-refractivity contribution >= 4 is 28.7 Å². The van der Waals surface area contributed by atoms with Crippen LogP contribution in [0.3, 0.4) is 0 Å². The molecule has 8 nitrogen and oxygen atoms in total. The lowest BCUT2D eigenvalue weighted by atomic mass is 10.0. The van der Waals surface area contributed by atoms with Crippen LogP contribution < -0.4 is 11.5 Å². The highest BCUT2D eigenvalue weighted by Crippen LogP contribution is 2.19. The predicted octanol–water partition coefficient (Wildman–Crippen LogP) is 3.54. The van der Waals surface area contributed by atoms with E-state index in [2.05, 4.69) is 0 Å². The molecule has 3 aromatic carbocycles. The lowest BCUT2D eigenvalue weighted by molar-refractivity contribution is -0.141. The minimum Gasteiger partial charge on any atom is -0.443 e. The number of carbonyl (C=O) groups is 3. The van der Waals surface area contributed by atoms with Crippen LogP contribution in [0.2, 0.25) is 0 Å². The first kappa shape index (κ1) is 26.8. The summed E-state index contributed by atoms with van der Waals surface area (Å²) < 4.78 is 11.1. The van der Waals surface area contributed by atoms with E-state index in [1.807, 2.05) is 72.8 Å². The van der Waals surface area contributed by atoms with Crippen LogP contribution in [0.25, 0.3) is 10.8 Å². The van der Waals surface area contributed by atoms with Gasteiger partial charge in [0, 0.05) is 0 Å². The van der Waals surface area contributed by atoms with E-state index in [0.717, 1.165) is 21.9 Å². The molecular formula is C28H33N3O5. The highest BCUT2D eigenvalue weighted by Gasteiger charge is 2.39. The molecule has 0 saturated carbocycles. The number of imide groups is 1. The number of nitrogens with zero attached hydrogens (tertiary/aromatic N) is 1. The molecule has 0 bridgehead atoms. The molecule has 8 heteroatoms. The Kier molecular flexibility index (Phi) is 8.79. The van der Waals surface area contributed by atoms with Crippen molar-refractivity contribution in [2.24, 2.45) is 11.5 Å². The maximum absolute atomic E-state index is 13.5. The number of hydrogen-bond acceptors (Lipinski definition) is 6. The van der Waals surface area contributed by atoms with Gasteiger partial charge in [-0.2, -0.15) is 0 Å². The van der Waals surface area contributed by atoms with Crippen LogP contribution in [-0.4, -0.2) is 47.1 Å². The van der Waals surface area contributed by atoms with Gasteiger partial charge < -0.3 is 20.9 Å². The van der Waals surface area contributed by atoms with Gasteiger partial charge in [-0.25, -0.2) is 9.69 Å². The fourth-order valence-corrected chi connectivity index (χ4v) is 3.71. The van der Waals surface area contributed by atoms with Crippen molar-refractivity contribution in [1.29, 1.82) is 0 Å². The normalized spacial score (nSPS) is 13.1. The minimum absolute atomic E-state index is 0.152. The molecule has 0 heterocycles. The Bertz CT molecular complexity index is 1210.